The van der Waals surface area contributed by atoms with Gasteiger partial charge in [-0.3, -0.25) is 4.79 Å². The van der Waals surface area contributed by atoms with Crippen molar-refractivity contribution in [3.8, 4) is 0 Å². The summed E-state index contributed by atoms with van der Waals surface area (Å²) in [4.78, 5) is 14.2. The van der Waals surface area contributed by atoms with Crippen LogP contribution in [0.2, 0.25) is 0 Å². The molecule has 1 amide bonds. The van der Waals surface area contributed by atoms with Crippen LogP contribution in [0.4, 0.5) is 0 Å². The van der Waals surface area contributed by atoms with Crippen LogP contribution in [-0.2, 0) is 15.6 Å². The van der Waals surface area contributed by atoms with E-state index < -0.39 is 9.84 Å². The molecule has 1 atom stereocenters. The Morgan fingerprint density at radius 2 is 1.75 bits per heavy atom. The summed E-state index contributed by atoms with van der Waals surface area (Å²) in [7, 11) is -3.46. The van der Waals surface area contributed by atoms with Crippen LogP contribution in [0.1, 0.15) is 40.7 Å². The van der Waals surface area contributed by atoms with E-state index in [0.717, 1.165) is 4.88 Å². The summed E-state index contributed by atoms with van der Waals surface area (Å²) < 4.78 is 25.2. The highest BCUT2D eigenvalue weighted by Gasteiger charge is 2.21. The molecule has 0 aliphatic carbocycles. The fraction of sp³-hybridized carbons (Fsp3) is 0.227. The Balaban J connectivity index is 1.78. The van der Waals surface area contributed by atoms with Crippen molar-refractivity contribution in [1.29, 1.82) is 0 Å². The highest BCUT2D eigenvalue weighted by Crippen LogP contribution is 2.26. The van der Waals surface area contributed by atoms with E-state index in [1.54, 1.807) is 65.9 Å². The average Bonchev–Trinajstić information content (AvgIpc) is 3.20. The second kappa shape index (κ2) is 8.71. The van der Waals surface area contributed by atoms with Gasteiger partial charge in [0.2, 0.25) is 0 Å². The minimum Gasteiger partial charge on any atom is -0.344 e. The van der Waals surface area contributed by atoms with E-state index in [9.17, 15) is 13.2 Å². The maximum Gasteiger partial charge on any atom is 0.251 e. The van der Waals surface area contributed by atoms with Gasteiger partial charge in [0.15, 0.2) is 9.84 Å². The Morgan fingerprint density at radius 3 is 2.39 bits per heavy atom. The third kappa shape index (κ3) is 4.88. The number of sulfone groups is 1. The van der Waals surface area contributed by atoms with Crippen LogP contribution in [0.25, 0.3) is 0 Å². The molecule has 3 aromatic rings. The topological polar surface area (TPSA) is 63.2 Å². The van der Waals surface area contributed by atoms with Crippen LogP contribution in [0.15, 0.2) is 77.0 Å². The van der Waals surface area contributed by atoms with Crippen molar-refractivity contribution in [2.45, 2.75) is 30.5 Å². The zero-order chi connectivity index (χ0) is 20.1. The van der Waals surface area contributed by atoms with E-state index in [0.29, 0.717) is 11.1 Å². The molecular weight excluding hydrogens is 390 g/mol. The molecule has 4 nitrogen and oxygen atoms in total. The predicted octanol–water partition coefficient (Wildman–Crippen LogP) is 4.85. The first-order chi connectivity index (χ1) is 13.4. The van der Waals surface area contributed by atoms with Gasteiger partial charge < -0.3 is 5.32 Å². The van der Waals surface area contributed by atoms with Crippen molar-refractivity contribution >= 4 is 27.1 Å². The van der Waals surface area contributed by atoms with E-state index in [-0.39, 0.29) is 28.5 Å². The monoisotopic (exact) mass is 413 g/mol. The Kier molecular flexibility index (Phi) is 6.31. The number of carbonyl (C=O) groups excluding carboxylic acids is 1. The number of benzene rings is 2. The summed E-state index contributed by atoms with van der Waals surface area (Å²) in [5.41, 5.74) is 1.05. The molecule has 0 bridgehead atoms. The number of carbonyl (C=O) groups is 1. The smallest absolute Gasteiger partial charge is 0.251 e. The fourth-order valence-electron chi connectivity index (χ4n) is 2.99. The number of hydrogen-bond donors (Lipinski definition) is 1. The number of amides is 1. The van der Waals surface area contributed by atoms with Crippen molar-refractivity contribution in [1.82, 2.24) is 5.32 Å². The van der Waals surface area contributed by atoms with Gasteiger partial charge >= 0.3 is 0 Å². The van der Waals surface area contributed by atoms with E-state index in [2.05, 4.69) is 19.2 Å². The van der Waals surface area contributed by atoms with Crippen molar-refractivity contribution < 1.29 is 13.2 Å². The van der Waals surface area contributed by atoms with Gasteiger partial charge in [0.1, 0.15) is 0 Å². The highest BCUT2D eigenvalue weighted by atomic mass is 32.2. The van der Waals surface area contributed by atoms with Crippen LogP contribution in [0.3, 0.4) is 0 Å². The van der Waals surface area contributed by atoms with E-state index in [4.69, 9.17) is 0 Å². The number of nitrogens with one attached hydrogen (secondary N) is 1. The molecule has 6 heteroatoms. The molecule has 0 fully saturated rings. The Morgan fingerprint density at radius 1 is 1.00 bits per heavy atom. The summed E-state index contributed by atoms with van der Waals surface area (Å²) in [6, 6.07) is 19.1. The lowest BCUT2D eigenvalue weighted by molar-refractivity contribution is 0.0926. The number of rotatable bonds is 7. The Hall–Kier alpha value is -2.44. The lowest BCUT2D eigenvalue weighted by Crippen LogP contribution is -2.31. The van der Waals surface area contributed by atoms with Gasteiger partial charge in [-0.1, -0.05) is 50.2 Å². The van der Waals surface area contributed by atoms with Crippen LogP contribution >= 0.6 is 11.3 Å². The molecule has 0 spiro atoms. The Bertz CT molecular complexity index is 1030. The first kappa shape index (κ1) is 20.3. The Labute approximate surface area is 170 Å². The molecule has 1 heterocycles. The molecular formula is C22H23NO3S2. The quantitative estimate of drug-likeness (QED) is 0.602. The van der Waals surface area contributed by atoms with Crippen molar-refractivity contribution in [3.05, 3.63) is 88.1 Å². The molecule has 2 aromatic carbocycles. The molecule has 3 rings (SSSR count). The van der Waals surface area contributed by atoms with Crippen LogP contribution in [0, 0.1) is 5.92 Å². The second-order valence-corrected chi connectivity index (χ2v) is 9.95. The summed E-state index contributed by atoms with van der Waals surface area (Å²) in [6.45, 7) is 4.13. The van der Waals surface area contributed by atoms with Gasteiger partial charge in [0.05, 0.1) is 16.7 Å². The van der Waals surface area contributed by atoms with Crippen LogP contribution in [-0.4, -0.2) is 14.3 Å². The molecule has 0 saturated carbocycles. The molecule has 28 heavy (non-hydrogen) atoms. The minimum atomic E-state index is -3.46. The van der Waals surface area contributed by atoms with Gasteiger partial charge in [0, 0.05) is 10.4 Å². The van der Waals surface area contributed by atoms with Gasteiger partial charge in [0.25, 0.3) is 5.91 Å². The minimum absolute atomic E-state index is 0.0794. The van der Waals surface area contributed by atoms with Crippen molar-refractivity contribution in [3.63, 3.8) is 0 Å². The average molecular weight is 414 g/mol. The lowest BCUT2D eigenvalue weighted by Gasteiger charge is -2.21. The zero-order valence-electron chi connectivity index (χ0n) is 15.8. The molecule has 0 unspecified atom stereocenters. The molecule has 1 N–H and O–H groups in total. The molecule has 0 aliphatic rings. The van der Waals surface area contributed by atoms with E-state index in [1.807, 2.05) is 17.5 Å². The first-order valence-electron chi connectivity index (χ1n) is 9.08. The maximum atomic E-state index is 12.8. The summed E-state index contributed by atoms with van der Waals surface area (Å²) in [6.07, 6.45) is 0. The standard InChI is InChI=1S/C22H23NO3S2/c1-16(2)21(20-12-7-13-27-20)23-22(24)18-9-6-8-17(14-18)15-28(25,26)19-10-4-3-5-11-19/h3-14,16,21H,15H2,1-2H3,(H,23,24)/t21-/m1/s1. The first-order valence-corrected chi connectivity index (χ1v) is 11.6. The molecule has 1 aromatic heterocycles. The summed E-state index contributed by atoms with van der Waals surface area (Å²) in [5, 5.41) is 5.07. The van der Waals surface area contributed by atoms with Gasteiger partial charge in [-0.25, -0.2) is 8.42 Å². The third-order valence-electron chi connectivity index (χ3n) is 4.45. The van der Waals surface area contributed by atoms with Gasteiger partial charge in [-0.2, -0.15) is 0 Å². The fourth-order valence-corrected chi connectivity index (χ4v) is 5.30. The normalized spacial score (nSPS) is 12.7. The maximum absolute atomic E-state index is 12.8. The molecule has 146 valence electrons. The molecule has 0 saturated heterocycles. The third-order valence-corrected chi connectivity index (χ3v) is 7.11. The van der Waals surface area contributed by atoms with E-state index in [1.165, 1.54) is 0 Å². The number of hydrogen-bond acceptors (Lipinski definition) is 4. The SMILES string of the molecule is CC(C)[C@@H](NC(=O)c1cccc(CS(=O)(=O)c2ccccc2)c1)c1cccs1. The van der Waals surface area contributed by atoms with Crippen LogP contribution in [0.5, 0.6) is 0 Å². The van der Waals surface area contributed by atoms with Gasteiger partial charge in [-0.05, 0) is 47.2 Å². The van der Waals surface area contributed by atoms with Crippen LogP contribution < -0.4 is 5.32 Å². The largest absolute Gasteiger partial charge is 0.344 e. The summed E-state index contributed by atoms with van der Waals surface area (Å²) in [5.74, 6) is -0.105. The number of thiophene rings is 1. The lowest BCUT2D eigenvalue weighted by atomic mass is 10.0. The van der Waals surface area contributed by atoms with E-state index >= 15 is 0 Å². The second-order valence-electron chi connectivity index (χ2n) is 6.98. The van der Waals surface area contributed by atoms with Crippen molar-refractivity contribution in [2.24, 2.45) is 5.92 Å². The zero-order valence-corrected chi connectivity index (χ0v) is 17.5. The van der Waals surface area contributed by atoms with Gasteiger partial charge in [-0.15, -0.1) is 11.3 Å². The van der Waals surface area contributed by atoms with Crippen molar-refractivity contribution in [2.75, 3.05) is 0 Å². The summed E-state index contributed by atoms with van der Waals surface area (Å²) >= 11 is 1.61. The molecule has 0 aliphatic heterocycles. The molecule has 0 radical (unpaired) electrons. The highest BCUT2D eigenvalue weighted by molar-refractivity contribution is 7.90. The predicted molar refractivity (Wildman–Crippen MR) is 113 cm³/mol.